The monoisotopic (exact) mass is 311 g/mol. The smallest absolute Gasteiger partial charge is 0.272 e. The maximum atomic E-state index is 11.5. The van der Waals surface area contributed by atoms with Gasteiger partial charge in [0, 0.05) is 30.9 Å². The highest BCUT2D eigenvalue weighted by Gasteiger charge is 2.45. The second kappa shape index (κ2) is 4.67. The molecule has 3 rings (SSSR count). The lowest BCUT2D eigenvalue weighted by molar-refractivity contribution is -0.385. The second-order valence-corrected chi connectivity index (χ2v) is 7.57. The van der Waals surface area contributed by atoms with Gasteiger partial charge in [-0.25, -0.2) is 13.6 Å². The van der Waals surface area contributed by atoms with Crippen molar-refractivity contribution in [3.05, 3.63) is 28.3 Å². The molecule has 0 radical (unpaired) electrons. The van der Waals surface area contributed by atoms with Crippen LogP contribution in [0.1, 0.15) is 25.7 Å². The number of nitro groups is 1. The number of benzene rings is 1. The molecule has 1 aromatic carbocycles. The molecule has 0 unspecified atom stereocenters. The van der Waals surface area contributed by atoms with E-state index in [1.54, 1.807) is 0 Å². The summed E-state index contributed by atoms with van der Waals surface area (Å²) in [5, 5.41) is 16.1. The number of piperidine rings is 1. The third-order valence-corrected chi connectivity index (χ3v) is 5.29. The van der Waals surface area contributed by atoms with E-state index < -0.39 is 14.9 Å². The summed E-state index contributed by atoms with van der Waals surface area (Å²) in [6, 6.07) is 3.87. The third kappa shape index (κ3) is 2.86. The molecule has 1 spiro atoms. The van der Waals surface area contributed by atoms with Crippen LogP contribution in [0.5, 0.6) is 0 Å². The summed E-state index contributed by atoms with van der Waals surface area (Å²) in [6.45, 7) is 1.62. The predicted octanol–water partition coefficient (Wildman–Crippen LogP) is 1.62. The SMILES string of the molecule is NS(=O)(=O)c1cc(N2CCCC3(CC3)C2)cc([N+](=O)[O-])c1. The molecule has 1 aliphatic heterocycles. The molecule has 21 heavy (non-hydrogen) atoms. The van der Waals surface area contributed by atoms with Gasteiger partial charge in [-0.2, -0.15) is 0 Å². The van der Waals surface area contributed by atoms with E-state index in [4.69, 9.17) is 5.14 Å². The zero-order valence-electron chi connectivity index (χ0n) is 11.5. The number of hydrogen-bond acceptors (Lipinski definition) is 5. The van der Waals surface area contributed by atoms with Crippen LogP contribution in [0.3, 0.4) is 0 Å². The van der Waals surface area contributed by atoms with Crippen LogP contribution in [-0.4, -0.2) is 26.4 Å². The number of non-ortho nitro benzene ring substituents is 1. The number of nitrogens with zero attached hydrogens (tertiary/aromatic N) is 2. The first-order valence-electron chi connectivity index (χ1n) is 6.86. The zero-order chi connectivity index (χ0) is 15.3. The number of sulfonamides is 1. The summed E-state index contributed by atoms with van der Waals surface area (Å²) in [6.07, 6.45) is 4.56. The first kappa shape index (κ1) is 14.3. The van der Waals surface area contributed by atoms with Gasteiger partial charge in [-0.15, -0.1) is 0 Å². The standard InChI is InChI=1S/C13H17N3O4S/c14-21(19,20)12-7-10(6-11(8-12)16(17)18)15-5-1-2-13(9-15)3-4-13/h6-8H,1-5,9H2,(H2,14,19,20). The molecular formula is C13H17N3O4S. The van der Waals surface area contributed by atoms with Crippen molar-refractivity contribution in [1.29, 1.82) is 0 Å². The van der Waals surface area contributed by atoms with E-state index in [2.05, 4.69) is 0 Å². The summed E-state index contributed by atoms with van der Waals surface area (Å²) < 4.78 is 23.0. The Balaban J connectivity index is 2.00. The molecule has 7 nitrogen and oxygen atoms in total. The second-order valence-electron chi connectivity index (χ2n) is 6.01. The third-order valence-electron chi connectivity index (χ3n) is 4.40. The molecule has 0 aromatic heterocycles. The van der Waals surface area contributed by atoms with Crippen LogP contribution in [0.4, 0.5) is 11.4 Å². The van der Waals surface area contributed by atoms with Crippen LogP contribution in [0.25, 0.3) is 0 Å². The quantitative estimate of drug-likeness (QED) is 0.674. The average molecular weight is 311 g/mol. The van der Waals surface area contributed by atoms with E-state index >= 15 is 0 Å². The van der Waals surface area contributed by atoms with Gasteiger partial charge in [0.15, 0.2) is 0 Å². The molecule has 0 amide bonds. The molecule has 1 aliphatic carbocycles. The fourth-order valence-electron chi connectivity index (χ4n) is 3.03. The summed E-state index contributed by atoms with van der Waals surface area (Å²) in [5.41, 5.74) is 0.663. The zero-order valence-corrected chi connectivity index (χ0v) is 12.3. The van der Waals surface area contributed by atoms with E-state index in [1.807, 2.05) is 4.90 Å². The van der Waals surface area contributed by atoms with Crippen LogP contribution < -0.4 is 10.0 Å². The Hall–Kier alpha value is -1.67. The Bertz CT molecular complexity index is 697. The summed E-state index contributed by atoms with van der Waals surface area (Å²) in [5.74, 6) is 0. The Morgan fingerprint density at radius 1 is 1.24 bits per heavy atom. The highest BCUT2D eigenvalue weighted by Crippen LogP contribution is 2.52. The average Bonchev–Trinajstić information content (AvgIpc) is 3.16. The van der Waals surface area contributed by atoms with Crippen LogP contribution in [0, 0.1) is 15.5 Å². The van der Waals surface area contributed by atoms with Crippen LogP contribution >= 0.6 is 0 Å². The molecule has 2 aliphatic rings. The van der Waals surface area contributed by atoms with Crippen molar-refractivity contribution < 1.29 is 13.3 Å². The summed E-state index contributed by atoms with van der Waals surface area (Å²) >= 11 is 0. The van der Waals surface area contributed by atoms with E-state index in [1.165, 1.54) is 31.4 Å². The first-order valence-corrected chi connectivity index (χ1v) is 8.41. The van der Waals surface area contributed by atoms with Crippen molar-refractivity contribution in [2.24, 2.45) is 10.6 Å². The highest BCUT2D eigenvalue weighted by molar-refractivity contribution is 7.89. The fourth-order valence-corrected chi connectivity index (χ4v) is 3.60. The summed E-state index contributed by atoms with van der Waals surface area (Å²) in [7, 11) is -3.96. The Morgan fingerprint density at radius 2 is 1.95 bits per heavy atom. The molecule has 1 saturated heterocycles. The van der Waals surface area contributed by atoms with E-state index in [-0.39, 0.29) is 10.6 Å². The lowest BCUT2D eigenvalue weighted by Crippen LogP contribution is -2.36. The lowest BCUT2D eigenvalue weighted by atomic mass is 9.94. The minimum absolute atomic E-state index is 0.206. The van der Waals surface area contributed by atoms with Crippen molar-refractivity contribution in [3.8, 4) is 0 Å². The lowest BCUT2D eigenvalue weighted by Gasteiger charge is -2.34. The number of nitro benzene ring substituents is 1. The number of primary sulfonamides is 1. The van der Waals surface area contributed by atoms with Gasteiger partial charge in [-0.3, -0.25) is 10.1 Å². The predicted molar refractivity (Wildman–Crippen MR) is 77.6 cm³/mol. The van der Waals surface area contributed by atoms with Crippen LogP contribution in [0.15, 0.2) is 23.1 Å². The molecule has 8 heteroatoms. The summed E-state index contributed by atoms with van der Waals surface area (Å²) in [4.78, 5) is 12.3. The normalized spacial score (nSPS) is 20.5. The topological polar surface area (TPSA) is 107 Å². The minimum Gasteiger partial charge on any atom is -0.371 e. The van der Waals surface area contributed by atoms with Crippen molar-refractivity contribution in [2.45, 2.75) is 30.6 Å². The van der Waals surface area contributed by atoms with Crippen molar-refractivity contribution in [1.82, 2.24) is 0 Å². The van der Waals surface area contributed by atoms with Crippen molar-refractivity contribution >= 4 is 21.4 Å². The van der Waals surface area contributed by atoms with E-state index in [0.29, 0.717) is 11.1 Å². The van der Waals surface area contributed by atoms with Crippen molar-refractivity contribution in [2.75, 3.05) is 18.0 Å². The number of anilines is 1. The Kier molecular flexibility index (Phi) is 3.18. The maximum absolute atomic E-state index is 11.5. The molecule has 0 bridgehead atoms. The van der Waals surface area contributed by atoms with Gasteiger partial charge in [-0.1, -0.05) is 0 Å². The fraction of sp³-hybridized carbons (Fsp3) is 0.538. The Morgan fingerprint density at radius 3 is 2.52 bits per heavy atom. The minimum atomic E-state index is -3.96. The van der Waals surface area contributed by atoms with Gasteiger partial charge in [0.2, 0.25) is 10.0 Å². The van der Waals surface area contributed by atoms with Gasteiger partial charge in [0.25, 0.3) is 5.69 Å². The van der Waals surface area contributed by atoms with Gasteiger partial charge >= 0.3 is 0 Å². The van der Waals surface area contributed by atoms with Crippen LogP contribution in [-0.2, 0) is 10.0 Å². The van der Waals surface area contributed by atoms with Gasteiger partial charge in [-0.05, 0) is 37.2 Å². The van der Waals surface area contributed by atoms with E-state index in [0.717, 1.165) is 25.6 Å². The molecule has 1 heterocycles. The number of rotatable bonds is 3. The molecule has 1 saturated carbocycles. The maximum Gasteiger partial charge on any atom is 0.272 e. The van der Waals surface area contributed by atoms with Crippen molar-refractivity contribution in [3.63, 3.8) is 0 Å². The van der Waals surface area contributed by atoms with Crippen LogP contribution in [0.2, 0.25) is 0 Å². The van der Waals surface area contributed by atoms with Gasteiger partial charge in [0.05, 0.1) is 9.82 Å². The molecular weight excluding hydrogens is 294 g/mol. The molecule has 0 atom stereocenters. The van der Waals surface area contributed by atoms with Gasteiger partial charge in [0.1, 0.15) is 0 Å². The molecule has 2 fully saturated rings. The Labute approximate surface area is 122 Å². The molecule has 114 valence electrons. The first-order chi connectivity index (χ1) is 9.79. The molecule has 2 N–H and O–H groups in total. The van der Waals surface area contributed by atoms with E-state index in [9.17, 15) is 18.5 Å². The van der Waals surface area contributed by atoms with Gasteiger partial charge < -0.3 is 4.90 Å². The largest absolute Gasteiger partial charge is 0.371 e. The molecule has 1 aromatic rings. The highest BCUT2D eigenvalue weighted by atomic mass is 32.2. The number of nitrogens with two attached hydrogens (primary N) is 1. The number of hydrogen-bond donors (Lipinski definition) is 1.